The van der Waals surface area contributed by atoms with Crippen molar-refractivity contribution < 1.29 is 14.6 Å². The van der Waals surface area contributed by atoms with Crippen LogP contribution >= 0.6 is 0 Å². The molecule has 0 heterocycles. The molecule has 0 radical (unpaired) electrons. The van der Waals surface area contributed by atoms with E-state index in [0.717, 1.165) is 5.56 Å². The van der Waals surface area contributed by atoms with Gasteiger partial charge in [0.2, 0.25) is 0 Å². The lowest BCUT2D eigenvalue weighted by Crippen LogP contribution is -2.35. The predicted molar refractivity (Wildman–Crippen MR) is 66.8 cm³/mol. The summed E-state index contributed by atoms with van der Waals surface area (Å²) in [5.74, 6) is 0. The van der Waals surface area contributed by atoms with Crippen molar-refractivity contribution in [2.75, 3.05) is 27.3 Å². The van der Waals surface area contributed by atoms with Gasteiger partial charge in [-0.1, -0.05) is 30.3 Å². The third kappa shape index (κ3) is 5.79. The van der Waals surface area contributed by atoms with Crippen LogP contribution in [-0.4, -0.2) is 44.8 Å². The molecule has 1 aromatic rings. The molecular formula is C13H21NO3. The minimum Gasteiger partial charge on any atom is -0.391 e. The number of nitrogens with one attached hydrogen (secondary N) is 1. The Morgan fingerprint density at radius 3 is 2.35 bits per heavy atom. The van der Waals surface area contributed by atoms with E-state index in [1.165, 1.54) is 0 Å². The van der Waals surface area contributed by atoms with Crippen molar-refractivity contribution >= 4 is 0 Å². The van der Waals surface area contributed by atoms with Crippen LogP contribution in [0.15, 0.2) is 30.3 Å². The standard InChI is InChI=1S/C13H21NO3/c1-16-13(17-2)10-14-9-12(15)8-11-6-4-3-5-7-11/h3-7,12-15H,8-10H2,1-2H3/t12-/m0/s1. The molecule has 1 rings (SSSR count). The van der Waals surface area contributed by atoms with Crippen LogP contribution in [-0.2, 0) is 15.9 Å². The van der Waals surface area contributed by atoms with Crippen LogP contribution in [0.4, 0.5) is 0 Å². The Balaban J connectivity index is 2.19. The maximum atomic E-state index is 9.82. The molecular weight excluding hydrogens is 218 g/mol. The average molecular weight is 239 g/mol. The normalized spacial score (nSPS) is 12.9. The highest BCUT2D eigenvalue weighted by Crippen LogP contribution is 2.02. The fourth-order valence-electron chi connectivity index (χ4n) is 1.59. The minimum atomic E-state index is -0.397. The third-order valence-corrected chi connectivity index (χ3v) is 2.53. The highest BCUT2D eigenvalue weighted by Gasteiger charge is 2.08. The highest BCUT2D eigenvalue weighted by atomic mass is 16.7. The number of benzene rings is 1. The number of methoxy groups -OCH3 is 2. The molecule has 0 spiro atoms. The third-order valence-electron chi connectivity index (χ3n) is 2.53. The Hall–Kier alpha value is -0.940. The molecule has 17 heavy (non-hydrogen) atoms. The number of ether oxygens (including phenoxy) is 2. The first-order valence-electron chi connectivity index (χ1n) is 5.74. The molecule has 0 saturated carbocycles. The Morgan fingerprint density at radius 1 is 1.12 bits per heavy atom. The van der Waals surface area contributed by atoms with E-state index in [9.17, 15) is 5.11 Å². The summed E-state index contributed by atoms with van der Waals surface area (Å²) in [5.41, 5.74) is 1.14. The maximum Gasteiger partial charge on any atom is 0.169 e. The monoisotopic (exact) mass is 239 g/mol. The summed E-state index contributed by atoms with van der Waals surface area (Å²) < 4.78 is 10.1. The molecule has 0 saturated heterocycles. The summed E-state index contributed by atoms with van der Waals surface area (Å²) in [6.07, 6.45) is -0.0101. The molecule has 0 aliphatic rings. The van der Waals surface area contributed by atoms with Crippen LogP contribution < -0.4 is 5.32 Å². The first-order valence-corrected chi connectivity index (χ1v) is 5.74. The molecule has 0 aliphatic heterocycles. The molecule has 4 nitrogen and oxygen atoms in total. The number of hydrogen-bond donors (Lipinski definition) is 2. The first kappa shape index (κ1) is 14.1. The molecule has 1 aromatic carbocycles. The number of aliphatic hydroxyl groups is 1. The Labute approximate surface area is 103 Å². The van der Waals surface area contributed by atoms with Gasteiger partial charge in [-0.3, -0.25) is 0 Å². The van der Waals surface area contributed by atoms with Crippen molar-refractivity contribution in [1.29, 1.82) is 0 Å². The fraction of sp³-hybridized carbons (Fsp3) is 0.538. The minimum absolute atomic E-state index is 0.265. The molecule has 2 N–H and O–H groups in total. The zero-order valence-corrected chi connectivity index (χ0v) is 10.4. The summed E-state index contributed by atoms with van der Waals surface area (Å²) in [4.78, 5) is 0. The van der Waals surface area contributed by atoms with Gasteiger partial charge in [-0.15, -0.1) is 0 Å². The van der Waals surface area contributed by atoms with Gasteiger partial charge in [-0.25, -0.2) is 0 Å². The topological polar surface area (TPSA) is 50.7 Å². The van der Waals surface area contributed by atoms with Crippen LogP contribution in [0.5, 0.6) is 0 Å². The van der Waals surface area contributed by atoms with Crippen molar-refractivity contribution in [3.63, 3.8) is 0 Å². The van der Waals surface area contributed by atoms with Gasteiger partial charge in [-0.2, -0.15) is 0 Å². The van der Waals surface area contributed by atoms with E-state index in [4.69, 9.17) is 9.47 Å². The van der Waals surface area contributed by atoms with Gasteiger partial charge in [-0.05, 0) is 12.0 Å². The molecule has 0 aromatic heterocycles. The molecule has 0 amide bonds. The van der Waals surface area contributed by atoms with E-state index < -0.39 is 6.10 Å². The summed E-state index contributed by atoms with van der Waals surface area (Å²) in [7, 11) is 3.19. The average Bonchev–Trinajstić information content (AvgIpc) is 2.36. The molecule has 0 unspecified atom stereocenters. The molecule has 0 bridgehead atoms. The van der Waals surface area contributed by atoms with Crippen LogP contribution in [0.1, 0.15) is 5.56 Å². The molecule has 0 fully saturated rings. The zero-order chi connectivity index (χ0) is 12.5. The van der Waals surface area contributed by atoms with Gasteiger partial charge in [0.05, 0.1) is 6.10 Å². The summed E-state index contributed by atoms with van der Waals surface area (Å²) in [5, 5.41) is 12.9. The van der Waals surface area contributed by atoms with Crippen LogP contribution in [0, 0.1) is 0 Å². The van der Waals surface area contributed by atoms with Gasteiger partial charge < -0.3 is 19.9 Å². The van der Waals surface area contributed by atoms with Crippen molar-refractivity contribution in [2.24, 2.45) is 0 Å². The number of rotatable bonds is 8. The van der Waals surface area contributed by atoms with Crippen molar-refractivity contribution in [3.05, 3.63) is 35.9 Å². The smallest absolute Gasteiger partial charge is 0.169 e. The van der Waals surface area contributed by atoms with Gasteiger partial charge in [0.25, 0.3) is 0 Å². The number of hydrogen-bond acceptors (Lipinski definition) is 4. The van der Waals surface area contributed by atoms with E-state index in [1.54, 1.807) is 14.2 Å². The SMILES string of the molecule is COC(CNC[C@@H](O)Cc1ccccc1)OC. The summed E-state index contributed by atoms with van der Waals surface area (Å²) in [6.45, 7) is 1.09. The van der Waals surface area contributed by atoms with Crippen LogP contribution in [0.3, 0.4) is 0 Å². The van der Waals surface area contributed by atoms with E-state index in [1.807, 2.05) is 30.3 Å². The molecule has 1 atom stereocenters. The van der Waals surface area contributed by atoms with Gasteiger partial charge in [0.15, 0.2) is 6.29 Å². The van der Waals surface area contributed by atoms with Crippen LogP contribution in [0.2, 0.25) is 0 Å². The van der Waals surface area contributed by atoms with Gasteiger partial charge in [0.1, 0.15) is 0 Å². The second kappa shape index (κ2) is 8.20. The van der Waals surface area contributed by atoms with E-state index in [0.29, 0.717) is 19.5 Å². The lowest BCUT2D eigenvalue weighted by Gasteiger charge is -2.16. The lowest BCUT2D eigenvalue weighted by atomic mass is 10.1. The largest absolute Gasteiger partial charge is 0.391 e. The zero-order valence-electron chi connectivity index (χ0n) is 10.4. The summed E-state index contributed by atoms with van der Waals surface area (Å²) >= 11 is 0. The van der Waals surface area contributed by atoms with E-state index >= 15 is 0 Å². The lowest BCUT2D eigenvalue weighted by molar-refractivity contribution is -0.0993. The second-order valence-electron chi connectivity index (χ2n) is 3.90. The molecule has 4 heteroatoms. The fourth-order valence-corrected chi connectivity index (χ4v) is 1.59. The summed E-state index contributed by atoms with van der Waals surface area (Å²) in [6, 6.07) is 9.94. The molecule has 96 valence electrons. The number of aliphatic hydroxyl groups excluding tert-OH is 1. The molecule has 0 aliphatic carbocycles. The maximum absolute atomic E-state index is 9.82. The van der Waals surface area contributed by atoms with Crippen molar-refractivity contribution in [3.8, 4) is 0 Å². The van der Waals surface area contributed by atoms with Crippen molar-refractivity contribution in [2.45, 2.75) is 18.8 Å². The predicted octanol–water partition coefficient (Wildman–Crippen LogP) is 0.798. The van der Waals surface area contributed by atoms with Gasteiger partial charge >= 0.3 is 0 Å². The second-order valence-corrected chi connectivity index (χ2v) is 3.90. The Bertz CT molecular complexity index is 288. The van der Waals surface area contributed by atoms with Gasteiger partial charge in [0, 0.05) is 27.3 Å². The van der Waals surface area contributed by atoms with E-state index in [-0.39, 0.29) is 6.29 Å². The van der Waals surface area contributed by atoms with Crippen LogP contribution in [0.25, 0.3) is 0 Å². The quantitative estimate of drug-likeness (QED) is 0.659. The van der Waals surface area contributed by atoms with Crippen molar-refractivity contribution in [1.82, 2.24) is 5.32 Å². The first-order chi connectivity index (χ1) is 8.26. The van der Waals surface area contributed by atoms with E-state index in [2.05, 4.69) is 5.32 Å². The Kier molecular flexibility index (Phi) is 6.81. The Morgan fingerprint density at radius 2 is 1.76 bits per heavy atom. The highest BCUT2D eigenvalue weighted by molar-refractivity contribution is 5.15.